The standard InChI is InChI=1S/C10H13F2NO/c1-10(11,12)7-4-5-9(14-3)8(6-7)13-2/h4-6,13H,1-3H3. The number of hydrogen-bond acceptors (Lipinski definition) is 2. The molecule has 0 aliphatic rings. The van der Waals surface area contributed by atoms with Crippen molar-refractivity contribution in [2.24, 2.45) is 0 Å². The predicted octanol–water partition coefficient (Wildman–Crippen LogP) is 2.85. The number of methoxy groups -OCH3 is 1. The Balaban J connectivity index is 3.14. The molecule has 1 aromatic carbocycles. The number of rotatable bonds is 3. The maximum atomic E-state index is 12.9. The average Bonchev–Trinajstić information content (AvgIpc) is 2.15. The molecule has 0 unspecified atom stereocenters. The minimum atomic E-state index is -2.82. The fourth-order valence-electron chi connectivity index (χ4n) is 1.18. The highest BCUT2D eigenvalue weighted by Crippen LogP contribution is 2.33. The molecule has 0 amide bonds. The summed E-state index contributed by atoms with van der Waals surface area (Å²) in [5, 5.41) is 2.80. The van der Waals surface area contributed by atoms with E-state index >= 15 is 0 Å². The van der Waals surface area contributed by atoms with Crippen LogP contribution in [0.1, 0.15) is 12.5 Å². The number of alkyl halides is 2. The molecule has 1 aromatic rings. The summed E-state index contributed by atoms with van der Waals surface area (Å²) in [5.74, 6) is -2.27. The molecule has 0 atom stereocenters. The number of benzene rings is 1. The molecular formula is C10H13F2NO. The van der Waals surface area contributed by atoms with E-state index in [0.717, 1.165) is 6.92 Å². The van der Waals surface area contributed by atoms with Gasteiger partial charge >= 0.3 is 0 Å². The minimum absolute atomic E-state index is 0.0253. The van der Waals surface area contributed by atoms with Crippen molar-refractivity contribution in [1.29, 1.82) is 0 Å². The van der Waals surface area contributed by atoms with Crippen LogP contribution in [0.5, 0.6) is 5.75 Å². The van der Waals surface area contributed by atoms with Gasteiger partial charge in [0, 0.05) is 19.5 Å². The molecule has 0 saturated heterocycles. The van der Waals surface area contributed by atoms with Crippen LogP contribution in [0, 0.1) is 0 Å². The zero-order valence-electron chi connectivity index (χ0n) is 8.40. The van der Waals surface area contributed by atoms with Gasteiger partial charge in [0.2, 0.25) is 0 Å². The van der Waals surface area contributed by atoms with Gasteiger partial charge in [-0.15, -0.1) is 0 Å². The Labute approximate surface area is 81.9 Å². The Morgan fingerprint density at radius 1 is 1.36 bits per heavy atom. The van der Waals surface area contributed by atoms with Gasteiger partial charge in [-0.3, -0.25) is 0 Å². The first-order chi connectivity index (χ1) is 6.49. The van der Waals surface area contributed by atoms with E-state index in [1.807, 2.05) is 0 Å². The molecular weight excluding hydrogens is 188 g/mol. The van der Waals surface area contributed by atoms with Crippen LogP contribution < -0.4 is 10.1 Å². The maximum absolute atomic E-state index is 12.9. The number of anilines is 1. The third kappa shape index (κ3) is 2.13. The van der Waals surface area contributed by atoms with E-state index in [2.05, 4.69) is 5.32 Å². The summed E-state index contributed by atoms with van der Waals surface area (Å²) in [6.45, 7) is 0.869. The van der Waals surface area contributed by atoms with E-state index in [9.17, 15) is 8.78 Å². The molecule has 2 nitrogen and oxygen atoms in total. The summed E-state index contributed by atoms with van der Waals surface area (Å²) < 4.78 is 30.9. The third-order valence-corrected chi connectivity index (χ3v) is 1.98. The van der Waals surface area contributed by atoms with Gasteiger partial charge in [0.25, 0.3) is 5.92 Å². The summed E-state index contributed by atoms with van der Waals surface area (Å²) in [4.78, 5) is 0. The largest absolute Gasteiger partial charge is 0.495 e. The van der Waals surface area contributed by atoms with Crippen LogP contribution in [0.25, 0.3) is 0 Å². The highest BCUT2D eigenvalue weighted by molar-refractivity contribution is 5.58. The molecule has 0 aliphatic heterocycles. The first kappa shape index (κ1) is 10.8. The number of ether oxygens (including phenoxy) is 1. The Kier molecular flexibility index (Phi) is 2.93. The molecule has 78 valence electrons. The average molecular weight is 201 g/mol. The van der Waals surface area contributed by atoms with Crippen LogP contribution in [-0.4, -0.2) is 14.2 Å². The summed E-state index contributed by atoms with van der Waals surface area (Å²) in [6.07, 6.45) is 0. The molecule has 0 bridgehead atoms. The molecule has 14 heavy (non-hydrogen) atoms. The normalized spacial score (nSPS) is 11.2. The van der Waals surface area contributed by atoms with Crippen molar-refractivity contribution in [2.45, 2.75) is 12.8 Å². The van der Waals surface area contributed by atoms with Gasteiger partial charge in [-0.1, -0.05) is 0 Å². The Hall–Kier alpha value is -1.32. The van der Waals surface area contributed by atoms with Crippen LogP contribution in [0.15, 0.2) is 18.2 Å². The molecule has 0 aromatic heterocycles. The number of hydrogen-bond donors (Lipinski definition) is 1. The van der Waals surface area contributed by atoms with Gasteiger partial charge in [-0.05, 0) is 18.2 Å². The predicted molar refractivity (Wildman–Crippen MR) is 52.1 cm³/mol. The fraction of sp³-hybridized carbons (Fsp3) is 0.400. The van der Waals surface area contributed by atoms with Crippen LogP contribution in [0.3, 0.4) is 0 Å². The highest BCUT2D eigenvalue weighted by atomic mass is 19.3. The highest BCUT2D eigenvalue weighted by Gasteiger charge is 2.24. The van der Waals surface area contributed by atoms with Gasteiger partial charge in [0.1, 0.15) is 5.75 Å². The second kappa shape index (κ2) is 3.82. The van der Waals surface area contributed by atoms with Crippen molar-refractivity contribution in [2.75, 3.05) is 19.5 Å². The van der Waals surface area contributed by atoms with E-state index in [1.165, 1.54) is 25.3 Å². The van der Waals surface area contributed by atoms with E-state index in [1.54, 1.807) is 7.05 Å². The van der Waals surface area contributed by atoms with Crippen LogP contribution >= 0.6 is 0 Å². The smallest absolute Gasteiger partial charge is 0.270 e. The van der Waals surface area contributed by atoms with Crippen LogP contribution in [0.2, 0.25) is 0 Å². The summed E-state index contributed by atoms with van der Waals surface area (Å²) >= 11 is 0. The van der Waals surface area contributed by atoms with Gasteiger partial charge in [-0.2, -0.15) is 0 Å². The molecule has 1 rings (SSSR count). The van der Waals surface area contributed by atoms with E-state index in [4.69, 9.17) is 4.74 Å². The number of nitrogens with one attached hydrogen (secondary N) is 1. The van der Waals surface area contributed by atoms with Crippen molar-refractivity contribution in [3.05, 3.63) is 23.8 Å². The lowest BCUT2D eigenvalue weighted by atomic mass is 10.1. The monoisotopic (exact) mass is 201 g/mol. The molecule has 0 radical (unpaired) electrons. The summed E-state index contributed by atoms with van der Waals surface area (Å²) in [7, 11) is 3.16. The molecule has 0 saturated carbocycles. The molecule has 0 heterocycles. The first-order valence-electron chi connectivity index (χ1n) is 4.23. The Morgan fingerprint density at radius 3 is 2.43 bits per heavy atom. The van der Waals surface area contributed by atoms with Crippen molar-refractivity contribution < 1.29 is 13.5 Å². The Bertz CT molecular complexity index is 320. The lowest BCUT2D eigenvalue weighted by Gasteiger charge is -2.14. The van der Waals surface area contributed by atoms with Gasteiger partial charge in [-0.25, -0.2) is 8.78 Å². The summed E-state index contributed by atoms with van der Waals surface area (Å²) in [6, 6.07) is 4.27. The van der Waals surface area contributed by atoms with Crippen molar-refractivity contribution in [3.63, 3.8) is 0 Å². The maximum Gasteiger partial charge on any atom is 0.270 e. The second-order valence-electron chi connectivity index (χ2n) is 3.05. The van der Waals surface area contributed by atoms with E-state index in [0.29, 0.717) is 11.4 Å². The van der Waals surface area contributed by atoms with Crippen LogP contribution in [0.4, 0.5) is 14.5 Å². The zero-order chi connectivity index (χ0) is 10.8. The zero-order valence-corrected chi connectivity index (χ0v) is 8.40. The van der Waals surface area contributed by atoms with Crippen molar-refractivity contribution >= 4 is 5.69 Å². The molecule has 0 spiro atoms. The topological polar surface area (TPSA) is 21.3 Å². The molecule has 0 fully saturated rings. The van der Waals surface area contributed by atoms with Gasteiger partial charge in [0.15, 0.2) is 0 Å². The summed E-state index contributed by atoms with van der Waals surface area (Å²) in [5.41, 5.74) is 0.536. The van der Waals surface area contributed by atoms with Crippen LogP contribution in [-0.2, 0) is 5.92 Å². The third-order valence-electron chi connectivity index (χ3n) is 1.98. The van der Waals surface area contributed by atoms with Gasteiger partial charge in [0.05, 0.1) is 12.8 Å². The van der Waals surface area contributed by atoms with E-state index in [-0.39, 0.29) is 5.56 Å². The fourth-order valence-corrected chi connectivity index (χ4v) is 1.18. The van der Waals surface area contributed by atoms with Crippen molar-refractivity contribution in [1.82, 2.24) is 0 Å². The second-order valence-corrected chi connectivity index (χ2v) is 3.05. The van der Waals surface area contributed by atoms with Crippen molar-refractivity contribution in [3.8, 4) is 5.75 Å². The molecule has 0 aliphatic carbocycles. The molecule has 4 heteroatoms. The molecule has 1 N–H and O–H groups in total. The minimum Gasteiger partial charge on any atom is -0.495 e. The SMILES string of the molecule is CNc1cc(C(C)(F)F)ccc1OC. The van der Waals surface area contributed by atoms with Gasteiger partial charge < -0.3 is 10.1 Å². The Morgan fingerprint density at radius 2 is 2.00 bits per heavy atom. The van der Waals surface area contributed by atoms with E-state index < -0.39 is 5.92 Å². The number of halogens is 2. The first-order valence-corrected chi connectivity index (χ1v) is 4.23. The quantitative estimate of drug-likeness (QED) is 0.811. The lowest BCUT2D eigenvalue weighted by Crippen LogP contribution is -2.07. The lowest BCUT2D eigenvalue weighted by molar-refractivity contribution is 0.0175.